The van der Waals surface area contributed by atoms with Crippen molar-refractivity contribution in [1.82, 2.24) is 4.90 Å². The summed E-state index contributed by atoms with van der Waals surface area (Å²) >= 11 is 0. The molecule has 3 nitrogen and oxygen atoms in total. The average Bonchev–Trinajstić information content (AvgIpc) is 2.39. The summed E-state index contributed by atoms with van der Waals surface area (Å²) in [6.45, 7) is 16.7. The number of hydrogen-bond acceptors (Lipinski definition) is 3. The maximum Gasteiger partial charge on any atom is 0.119 e. The Kier molecular flexibility index (Phi) is 10.1. The van der Waals surface area contributed by atoms with Crippen molar-refractivity contribution in [2.75, 3.05) is 40.5 Å². The molecule has 1 rings (SSSR count). The average molecular weight is 372 g/mol. The summed E-state index contributed by atoms with van der Waals surface area (Å²) in [6.07, 6.45) is 1.15. The lowest BCUT2D eigenvalue weighted by Crippen LogP contribution is -2.25. The van der Waals surface area contributed by atoms with E-state index in [1.807, 2.05) is 14.1 Å². The fourth-order valence-corrected chi connectivity index (χ4v) is 3.47. The second-order valence-electron chi connectivity index (χ2n) is 8.86. The van der Waals surface area contributed by atoms with Crippen LogP contribution in [0.2, 0.25) is 0 Å². The van der Waals surface area contributed by atoms with Crippen molar-refractivity contribution in [2.24, 2.45) is 5.41 Å². The number of aryl methyl sites for hydroxylation is 1. The van der Waals surface area contributed by atoms with Crippen LogP contribution in [0.4, 0.5) is 0 Å². The zero-order valence-electron chi connectivity index (χ0n) is 17.4. The van der Waals surface area contributed by atoms with E-state index in [4.69, 9.17) is 9.47 Å². The van der Waals surface area contributed by atoms with Gasteiger partial charge in [0.25, 0.3) is 0 Å². The molecule has 0 N–H and O–H groups in total. The van der Waals surface area contributed by atoms with E-state index in [0.717, 1.165) is 25.3 Å². The molecule has 0 bridgehead atoms. The fraction of sp³-hybridized carbons (Fsp3) is 0.714. The molecule has 1 aromatic rings. The van der Waals surface area contributed by atoms with E-state index in [9.17, 15) is 0 Å². The van der Waals surface area contributed by atoms with Gasteiger partial charge in [-0.05, 0) is 61.5 Å². The Labute approximate surface area is 161 Å². The Bertz CT molecular complexity index is 507. The normalized spacial score (nSPS) is 12.2. The summed E-state index contributed by atoms with van der Waals surface area (Å²) < 4.78 is 11.4. The zero-order valence-corrected chi connectivity index (χ0v) is 18.3. The van der Waals surface area contributed by atoms with Gasteiger partial charge >= 0.3 is 0 Å². The minimum atomic E-state index is 0. The summed E-state index contributed by atoms with van der Waals surface area (Å²) in [4.78, 5) is 2.11. The molecule has 0 radical (unpaired) electrons. The molecule has 0 aliphatic rings. The molecule has 0 saturated carbocycles. The monoisotopic (exact) mass is 371 g/mol. The van der Waals surface area contributed by atoms with E-state index in [1.54, 1.807) is 0 Å². The van der Waals surface area contributed by atoms with Crippen molar-refractivity contribution in [3.63, 3.8) is 0 Å². The summed E-state index contributed by atoms with van der Waals surface area (Å²) in [5.41, 5.74) is 3.19. The summed E-state index contributed by atoms with van der Waals surface area (Å²) in [5.74, 6) is 0.930. The number of benzene rings is 1. The van der Waals surface area contributed by atoms with E-state index in [2.05, 4.69) is 64.6 Å². The van der Waals surface area contributed by atoms with Gasteiger partial charge in [-0.25, -0.2) is 0 Å². The number of halogens is 1. The van der Waals surface area contributed by atoms with Gasteiger partial charge in [0.05, 0.1) is 13.2 Å². The van der Waals surface area contributed by atoms with E-state index in [1.165, 1.54) is 11.1 Å². The van der Waals surface area contributed by atoms with Gasteiger partial charge in [-0.1, -0.05) is 40.7 Å². The largest absolute Gasteiger partial charge is 0.491 e. The van der Waals surface area contributed by atoms with E-state index in [-0.39, 0.29) is 17.8 Å². The van der Waals surface area contributed by atoms with Gasteiger partial charge in [-0.3, -0.25) is 0 Å². The molecule has 25 heavy (non-hydrogen) atoms. The third kappa shape index (κ3) is 9.48. The predicted octanol–water partition coefficient (Wildman–Crippen LogP) is 5.09. The molecule has 1 aromatic carbocycles. The molecule has 0 fully saturated rings. The van der Waals surface area contributed by atoms with Crippen LogP contribution in [0.15, 0.2) is 18.2 Å². The van der Waals surface area contributed by atoms with Crippen LogP contribution in [-0.4, -0.2) is 45.4 Å². The molecule has 0 aliphatic carbocycles. The second kappa shape index (κ2) is 10.4. The van der Waals surface area contributed by atoms with Crippen LogP contribution >= 0.6 is 12.4 Å². The smallest absolute Gasteiger partial charge is 0.119 e. The Morgan fingerprint density at radius 1 is 0.960 bits per heavy atom. The second-order valence-corrected chi connectivity index (χ2v) is 8.86. The Hall–Kier alpha value is -0.770. The lowest BCUT2D eigenvalue weighted by Gasteiger charge is -2.34. The summed E-state index contributed by atoms with van der Waals surface area (Å²) in [6, 6.07) is 6.47. The highest BCUT2D eigenvalue weighted by atomic mass is 35.5. The highest BCUT2D eigenvalue weighted by Crippen LogP contribution is 2.38. The fourth-order valence-electron chi connectivity index (χ4n) is 3.47. The molecule has 0 atom stereocenters. The number of ether oxygens (including phenoxy) is 2. The zero-order chi connectivity index (χ0) is 18.4. The highest BCUT2D eigenvalue weighted by molar-refractivity contribution is 5.85. The maximum atomic E-state index is 5.82. The Balaban J connectivity index is 0.00000576. The quantitative estimate of drug-likeness (QED) is 0.564. The predicted molar refractivity (Wildman–Crippen MR) is 110 cm³/mol. The first-order valence-corrected chi connectivity index (χ1v) is 8.98. The first kappa shape index (κ1) is 24.2. The van der Waals surface area contributed by atoms with Crippen molar-refractivity contribution >= 4 is 12.4 Å². The highest BCUT2D eigenvalue weighted by Gasteiger charge is 2.28. The molecule has 0 aromatic heterocycles. The van der Waals surface area contributed by atoms with Crippen molar-refractivity contribution in [1.29, 1.82) is 0 Å². The van der Waals surface area contributed by atoms with Crippen LogP contribution in [0.3, 0.4) is 0 Å². The van der Waals surface area contributed by atoms with Crippen LogP contribution in [-0.2, 0) is 10.2 Å². The van der Waals surface area contributed by atoms with Crippen molar-refractivity contribution in [3.8, 4) is 5.75 Å². The Morgan fingerprint density at radius 2 is 1.60 bits per heavy atom. The Morgan fingerprint density at radius 3 is 2.12 bits per heavy atom. The van der Waals surface area contributed by atoms with E-state index < -0.39 is 0 Å². The molecule has 4 heteroatoms. The minimum Gasteiger partial charge on any atom is -0.491 e. The lowest BCUT2D eigenvalue weighted by molar-refractivity contribution is 0.0889. The molecule has 0 unspecified atom stereocenters. The van der Waals surface area contributed by atoms with Crippen LogP contribution < -0.4 is 4.74 Å². The van der Waals surface area contributed by atoms with Crippen LogP contribution in [0.1, 0.15) is 52.2 Å². The van der Waals surface area contributed by atoms with Crippen molar-refractivity contribution in [2.45, 2.75) is 53.4 Å². The molecule has 0 amide bonds. The van der Waals surface area contributed by atoms with Gasteiger partial charge in [0.2, 0.25) is 0 Å². The molecular weight excluding hydrogens is 334 g/mol. The molecule has 0 aliphatic heterocycles. The van der Waals surface area contributed by atoms with Gasteiger partial charge in [0.1, 0.15) is 12.4 Å². The number of likely N-dealkylation sites (N-methyl/N-ethyl adjacent to an activating group) is 1. The van der Waals surface area contributed by atoms with Gasteiger partial charge in [-0.2, -0.15) is 0 Å². The number of hydrogen-bond donors (Lipinski definition) is 0. The van der Waals surface area contributed by atoms with E-state index >= 15 is 0 Å². The third-order valence-electron chi connectivity index (χ3n) is 4.08. The standard InChI is InChI=1S/C21H37NO2.ClH/c1-17-15-18(24-14-13-23-12-11-22(7)8)9-10-19(17)21(5,6)16-20(2,3)4;/h9-10,15H,11-14,16H2,1-8H3;1H. The van der Waals surface area contributed by atoms with Crippen LogP contribution in [0.25, 0.3) is 0 Å². The molecule has 0 saturated heterocycles. The first-order chi connectivity index (χ1) is 11.0. The number of rotatable bonds is 9. The molecule has 0 heterocycles. The minimum absolute atomic E-state index is 0. The molecular formula is C21H38ClNO2. The van der Waals surface area contributed by atoms with Crippen LogP contribution in [0.5, 0.6) is 5.75 Å². The lowest BCUT2D eigenvalue weighted by atomic mass is 9.71. The van der Waals surface area contributed by atoms with Gasteiger partial charge in [-0.15, -0.1) is 12.4 Å². The summed E-state index contributed by atoms with van der Waals surface area (Å²) in [7, 11) is 4.09. The maximum absolute atomic E-state index is 5.82. The summed E-state index contributed by atoms with van der Waals surface area (Å²) in [5, 5.41) is 0. The SMILES string of the molecule is Cc1cc(OCCOCCN(C)C)ccc1C(C)(C)CC(C)(C)C.Cl. The van der Waals surface area contributed by atoms with Crippen LogP contribution in [0, 0.1) is 12.3 Å². The number of nitrogens with zero attached hydrogens (tertiary/aromatic N) is 1. The van der Waals surface area contributed by atoms with Crippen molar-refractivity contribution < 1.29 is 9.47 Å². The first-order valence-electron chi connectivity index (χ1n) is 8.98. The van der Waals surface area contributed by atoms with E-state index in [0.29, 0.717) is 18.6 Å². The third-order valence-corrected chi connectivity index (χ3v) is 4.08. The van der Waals surface area contributed by atoms with Gasteiger partial charge in [0.15, 0.2) is 0 Å². The van der Waals surface area contributed by atoms with Gasteiger partial charge in [0, 0.05) is 6.54 Å². The molecule has 0 spiro atoms. The molecule has 146 valence electrons. The van der Waals surface area contributed by atoms with Gasteiger partial charge < -0.3 is 14.4 Å². The van der Waals surface area contributed by atoms with Crippen molar-refractivity contribution in [3.05, 3.63) is 29.3 Å². The topological polar surface area (TPSA) is 21.7 Å².